The van der Waals surface area contributed by atoms with Crippen LogP contribution in [0.4, 0.5) is 5.69 Å². The molecule has 0 saturated heterocycles. The molecule has 0 amide bonds. The van der Waals surface area contributed by atoms with Crippen molar-refractivity contribution >= 4 is 40.7 Å². The maximum absolute atomic E-state index is 14.0. The molecule has 0 saturated carbocycles. The molecule has 3 aromatic carbocycles. The maximum Gasteiger partial charge on any atom is 0.338 e. The fraction of sp³-hybridized carbons (Fsp3) is 0.242. The number of methoxy groups -OCH3 is 1. The van der Waals surface area contributed by atoms with Crippen molar-refractivity contribution in [2.24, 2.45) is 4.99 Å². The van der Waals surface area contributed by atoms with E-state index in [0.29, 0.717) is 37.1 Å². The van der Waals surface area contributed by atoms with E-state index in [2.05, 4.69) is 4.99 Å². The Balaban J connectivity index is 1.55. The SMILES string of the molecule is CCOC(=O)C1=C(C)N=c2s/c(=C/c3ccc(OCc4ccccc4Cl)c(OC)c3)c(=O)n2C1c1ccc(N(C)C)cc1. The van der Waals surface area contributed by atoms with Gasteiger partial charge in [-0.25, -0.2) is 9.79 Å². The minimum atomic E-state index is -0.677. The number of nitrogens with zero attached hydrogens (tertiary/aromatic N) is 3. The number of hydrogen-bond donors (Lipinski definition) is 0. The number of benzene rings is 3. The van der Waals surface area contributed by atoms with Crippen LogP contribution in [0.1, 0.15) is 36.6 Å². The second-order valence-corrected chi connectivity index (χ2v) is 11.5. The summed E-state index contributed by atoms with van der Waals surface area (Å²) in [6.45, 7) is 4.03. The molecular weight excluding hydrogens is 586 g/mol. The number of carbonyl (C=O) groups is 1. The van der Waals surface area contributed by atoms with Gasteiger partial charge in [-0.3, -0.25) is 9.36 Å². The highest BCUT2D eigenvalue weighted by Gasteiger charge is 2.33. The van der Waals surface area contributed by atoms with Gasteiger partial charge in [-0.1, -0.05) is 59.3 Å². The molecule has 222 valence electrons. The Labute approximate surface area is 258 Å². The Morgan fingerprint density at radius 1 is 1.09 bits per heavy atom. The van der Waals surface area contributed by atoms with Gasteiger partial charge in [0.05, 0.1) is 35.6 Å². The zero-order chi connectivity index (χ0) is 30.7. The fourth-order valence-electron chi connectivity index (χ4n) is 4.88. The van der Waals surface area contributed by atoms with E-state index in [1.54, 1.807) is 37.7 Å². The zero-order valence-corrected chi connectivity index (χ0v) is 26.2. The van der Waals surface area contributed by atoms with Gasteiger partial charge in [-0.2, -0.15) is 0 Å². The molecule has 1 unspecified atom stereocenters. The molecule has 8 nitrogen and oxygen atoms in total. The van der Waals surface area contributed by atoms with E-state index < -0.39 is 12.0 Å². The molecule has 0 aliphatic carbocycles. The van der Waals surface area contributed by atoms with E-state index in [1.807, 2.05) is 79.7 Å². The molecule has 1 atom stereocenters. The van der Waals surface area contributed by atoms with Crippen LogP contribution in [-0.2, 0) is 16.1 Å². The highest BCUT2D eigenvalue weighted by Crippen LogP contribution is 2.32. The van der Waals surface area contributed by atoms with Crippen LogP contribution in [0.5, 0.6) is 11.5 Å². The van der Waals surface area contributed by atoms with Gasteiger partial charge in [-0.15, -0.1) is 0 Å². The van der Waals surface area contributed by atoms with Gasteiger partial charge >= 0.3 is 5.97 Å². The molecule has 0 spiro atoms. The largest absolute Gasteiger partial charge is 0.493 e. The first-order valence-corrected chi connectivity index (χ1v) is 14.9. The molecule has 1 aromatic heterocycles. The van der Waals surface area contributed by atoms with Crippen LogP contribution in [0.25, 0.3) is 6.08 Å². The Bertz CT molecular complexity index is 1880. The third-order valence-corrected chi connectivity index (χ3v) is 8.42. The van der Waals surface area contributed by atoms with Crippen LogP contribution in [0.15, 0.2) is 87.8 Å². The topological polar surface area (TPSA) is 82.4 Å². The third-order valence-electron chi connectivity index (χ3n) is 7.07. The number of allylic oxidation sites excluding steroid dienone is 1. The summed E-state index contributed by atoms with van der Waals surface area (Å²) in [5.41, 5.74) is 4.02. The van der Waals surface area contributed by atoms with Crippen molar-refractivity contribution in [1.82, 2.24) is 4.57 Å². The van der Waals surface area contributed by atoms with E-state index in [0.717, 1.165) is 22.4 Å². The number of anilines is 1. The summed E-state index contributed by atoms with van der Waals surface area (Å²) >= 11 is 7.54. The van der Waals surface area contributed by atoms with Crippen molar-refractivity contribution in [3.05, 3.63) is 119 Å². The third kappa shape index (κ3) is 6.23. The van der Waals surface area contributed by atoms with Crippen molar-refractivity contribution in [1.29, 1.82) is 0 Å². The van der Waals surface area contributed by atoms with Crippen LogP contribution in [0, 0.1) is 0 Å². The number of ether oxygens (including phenoxy) is 3. The van der Waals surface area contributed by atoms with Crippen molar-refractivity contribution in [2.75, 3.05) is 32.7 Å². The second kappa shape index (κ2) is 12.9. The summed E-state index contributed by atoms with van der Waals surface area (Å²) in [5, 5.41) is 0.627. The highest BCUT2D eigenvalue weighted by molar-refractivity contribution is 7.07. The Hall–Kier alpha value is -4.34. The number of aromatic nitrogens is 1. The summed E-state index contributed by atoms with van der Waals surface area (Å²) < 4.78 is 19.0. The number of rotatable bonds is 9. The quantitative estimate of drug-likeness (QED) is 0.243. The Kier molecular flexibility index (Phi) is 9.03. The summed E-state index contributed by atoms with van der Waals surface area (Å²) in [6.07, 6.45) is 1.79. The average Bonchev–Trinajstić information content (AvgIpc) is 3.30. The second-order valence-electron chi connectivity index (χ2n) is 10.1. The van der Waals surface area contributed by atoms with E-state index in [-0.39, 0.29) is 18.8 Å². The summed E-state index contributed by atoms with van der Waals surface area (Å²) in [4.78, 5) is 34.3. The number of carbonyl (C=O) groups excluding carboxylic acids is 1. The average molecular weight is 618 g/mol. The van der Waals surface area contributed by atoms with Crippen LogP contribution < -0.4 is 29.3 Å². The Morgan fingerprint density at radius 2 is 1.84 bits per heavy atom. The van der Waals surface area contributed by atoms with Gasteiger partial charge in [-0.05, 0) is 61.4 Å². The summed E-state index contributed by atoms with van der Waals surface area (Å²) in [6, 6.07) is 20.1. The lowest BCUT2D eigenvalue weighted by Crippen LogP contribution is -2.39. The standard InChI is InChI=1S/C33H32ClN3O5S/c1-6-41-32(39)29-20(2)35-33-37(30(29)22-12-14-24(15-13-22)36(3)4)31(38)28(43-33)18-21-11-16-26(27(17-21)40-5)42-19-23-9-7-8-10-25(23)34/h7-18,30H,6,19H2,1-5H3/b28-18+. The first kappa shape index (κ1) is 30.1. The molecular formula is C33H32ClN3O5S. The lowest BCUT2D eigenvalue weighted by atomic mass is 9.95. The molecule has 5 rings (SSSR count). The lowest BCUT2D eigenvalue weighted by Gasteiger charge is -2.25. The van der Waals surface area contributed by atoms with Crippen LogP contribution in [0.2, 0.25) is 5.02 Å². The van der Waals surface area contributed by atoms with Gasteiger partial charge < -0.3 is 19.1 Å². The molecule has 0 bridgehead atoms. The Morgan fingerprint density at radius 3 is 2.51 bits per heavy atom. The predicted octanol–water partition coefficient (Wildman–Crippen LogP) is 5.11. The van der Waals surface area contributed by atoms with Crippen LogP contribution in [0.3, 0.4) is 0 Å². The van der Waals surface area contributed by atoms with Gasteiger partial charge in [0, 0.05) is 30.4 Å². The number of hydrogen-bond acceptors (Lipinski definition) is 8. The van der Waals surface area contributed by atoms with Gasteiger partial charge in [0.15, 0.2) is 16.3 Å². The lowest BCUT2D eigenvalue weighted by molar-refractivity contribution is -0.139. The minimum Gasteiger partial charge on any atom is -0.493 e. The van der Waals surface area contributed by atoms with Crippen LogP contribution in [-0.4, -0.2) is 38.3 Å². The first-order valence-electron chi connectivity index (χ1n) is 13.7. The molecule has 0 N–H and O–H groups in total. The van der Waals surface area contributed by atoms with E-state index in [4.69, 9.17) is 25.8 Å². The predicted molar refractivity (Wildman–Crippen MR) is 170 cm³/mol. The van der Waals surface area contributed by atoms with Crippen molar-refractivity contribution < 1.29 is 19.0 Å². The molecule has 0 radical (unpaired) electrons. The smallest absolute Gasteiger partial charge is 0.338 e. The van der Waals surface area contributed by atoms with E-state index in [9.17, 15) is 9.59 Å². The molecule has 1 aliphatic heterocycles. The van der Waals surface area contributed by atoms with E-state index >= 15 is 0 Å². The molecule has 1 aliphatic rings. The monoisotopic (exact) mass is 617 g/mol. The summed E-state index contributed by atoms with van der Waals surface area (Å²) in [7, 11) is 5.48. The normalized spacial score (nSPS) is 14.7. The molecule has 43 heavy (non-hydrogen) atoms. The number of fused-ring (bicyclic) bond motifs is 1. The fourth-order valence-corrected chi connectivity index (χ4v) is 6.11. The minimum absolute atomic E-state index is 0.215. The molecule has 10 heteroatoms. The highest BCUT2D eigenvalue weighted by atomic mass is 35.5. The van der Waals surface area contributed by atoms with Crippen molar-refractivity contribution in [3.8, 4) is 11.5 Å². The van der Waals surface area contributed by atoms with Gasteiger partial charge in [0.1, 0.15) is 6.61 Å². The number of esters is 1. The first-order chi connectivity index (χ1) is 20.7. The zero-order valence-electron chi connectivity index (χ0n) is 24.6. The molecule has 0 fully saturated rings. The maximum atomic E-state index is 14.0. The summed E-state index contributed by atoms with van der Waals surface area (Å²) in [5.74, 6) is 0.585. The van der Waals surface area contributed by atoms with E-state index in [1.165, 1.54) is 11.3 Å². The van der Waals surface area contributed by atoms with Crippen molar-refractivity contribution in [2.45, 2.75) is 26.5 Å². The van der Waals surface area contributed by atoms with Crippen LogP contribution >= 0.6 is 22.9 Å². The van der Waals surface area contributed by atoms with Gasteiger partial charge in [0.25, 0.3) is 5.56 Å². The number of thiazole rings is 1. The molecule has 4 aromatic rings. The number of halogens is 1. The van der Waals surface area contributed by atoms with Gasteiger partial charge in [0.2, 0.25) is 0 Å². The molecule has 2 heterocycles. The van der Waals surface area contributed by atoms with Crippen molar-refractivity contribution in [3.63, 3.8) is 0 Å².